The van der Waals surface area contributed by atoms with Crippen LogP contribution in [-0.2, 0) is 10.8 Å². The lowest BCUT2D eigenvalue weighted by Crippen LogP contribution is -2.29. The summed E-state index contributed by atoms with van der Waals surface area (Å²) < 4.78 is 16.9. The van der Waals surface area contributed by atoms with Crippen molar-refractivity contribution in [3.8, 4) is 5.75 Å². The molecule has 6 nitrogen and oxygen atoms in total. The van der Waals surface area contributed by atoms with Gasteiger partial charge in [-0.05, 0) is 32.8 Å². The Morgan fingerprint density at radius 3 is 2.62 bits per heavy atom. The Kier molecular flexibility index (Phi) is 5.17. The largest absolute Gasteiger partial charge is 0.484 e. The van der Waals surface area contributed by atoms with Crippen LogP contribution in [0.3, 0.4) is 0 Å². The van der Waals surface area contributed by atoms with Crippen LogP contribution >= 0.6 is 0 Å². The van der Waals surface area contributed by atoms with Crippen molar-refractivity contribution in [3.63, 3.8) is 0 Å². The van der Waals surface area contributed by atoms with Gasteiger partial charge in [-0.15, -0.1) is 0 Å². The smallest absolute Gasteiger partial charge is 0.311 e. The van der Waals surface area contributed by atoms with E-state index in [1.165, 1.54) is 6.07 Å². The van der Waals surface area contributed by atoms with Gasteiger partial charge >= 0.3 is 5.69 Å². The summed E-state index contributed by atoms with van der Waals surface area (Å²) in [6.07, 6.45) is 1.57. The van der Waals surface area contributed by atoms with Crippen LogP contribution in [0.1, 0.15) is 26.7 Å². The Hall–Kier alpha value is -1.63. The second-order valence-electron chi connectivity index (χ2n) is 5.37. The predicted molar refractivity (Wildman–Crippen MR) is 83.4 cm³/mol. The van der Waals surface area contributed by atoms with Crippen LogP contribution in [0.2, 0.25) is 0 Å². The Balaban J connectivity index is 2.13. The molecule has 1 aliphatic heterocycles. The first-order valence-corrected chi connectivity index (χ1v) is 8.51. The molecule has 0 aliphatic carbocycles. The molecule has 0 aromatic heterocycles. The van der Waals surface area contributed by atoms with E-state index in [4.69, 9.17) is 4.74 Å². The van der Waals surface area contributed by atoms with Crippen LogP contribution < -0.4 is 10.1 Å². The third kappa shape index (κ3) is 4.42. The molecule has 1 heterocycles. The van der Waals surface area contributed by atoms with Crippen LogP contribution in [0.5, 0.6) is 5.75 Å². The van der Waals surface area contributed by atoms with E-state index >= 15 is 0 Å². The molecule has 7 heteroatoms. The Labute approximate surface area is 126 Å². The molecule has 0 amide bonds. The fourth-order valence-corrected chi connectivity index (χ4v) is 3.58. The molecule has 0 saturated carbocycles. The van der Waals surface area contributed by atoms with Crippen molar-refractivity contribution in [1.82, 2.24) is 0 Å². The maximum absolute atomic E-state index is 11.3. The van der Waals surface area contributed by atoms with Gasteiger partial charge in [-0.3, -0.25) is 14.3 Å². The zero-order chi connectivity index (χ0) is 15.4. The van der Waals surface area contributed by atoms with Crippen LogP contribution in [-0.4, -0.2) is 32.8 Å². The number of ether oxygens (including phenoxy) is 1. The average molecular weight is 312 g/mol. The minimum absolute atomic E-state index is 0.0287. The molecule has 0 spiro atoms. The summed E-state index contributed by atoms with van der Waals surface area (Å²) in [5.74, 6) is 1.69. The molecule has 1 fully saturated rings. The molecule has 1 aromatic carbocycles. The molecule has 2 rings (SSSR count). The molecule has 0 radical (unpaired) electrons. The van der Waals surface area contributed by atoms with E-state index in [1.807, 2.05) is 13.8 Å². The minimum Gasteiger partial charge on any atom is -0.484 e. The second-order valence-corrected chi connectivity index (χ2v) is 7.07. The third-order valence-corrected chi connectivity index (χ3v) is 4.66. The molecule has 21 heavy (non-hydrogen) atoms. The number of nitro groups is 1. The number of benzene rings is 1. The van der Waals surface area contributed by atoms with Gasteiger partial charge in [0.15, 0.2) is 5.75 Å². The normalized spacial score (nSPS) is 22.0. The van der Waals surface area contributed by atoms with E-state index in [9.17, 15) is 14.3 Å². The standard InChI is InChI=1S/C14H20N2O4S/c1-10(2)20-14-9-12(3-4-13(14)16(17)18)15-11-5-7-21(19)8-6-11/h3-4,9-11,15H,5-8H2,1-2H3. The zero-order valence-corrected chi connectivity index (χ0v) is 13.0. The highest BCUT2D eigenvalue weighted by atomic mass is 32.2. The fourth-order valence-electron chi connectivity index (χ4n) is 2.28. The van der Waals surface area contributed by atoms with Gasteiger partial charge in [0, 0.05) is 46.2 Å². The lowest BCUT2D eigenvalue weighted by atomic mass is 10.1. The first kappa shape index (κ1) is 15.8. The highest BCUT2D eigenvalue weighted by Crippen LogP contribution is 2.31. The van der Waals surface area contributed by atoms with E-state index in [0.29, 0.717) is 11.5 Å². The average Bonchev–Trinajstić information content (AvgIpc) is 2.40. The molecule has 0 bridgehead atoms. The summed E-state index contributed by atoms with van der Waals surface area (Å²) in [5, 5.41) is 14.4. The summed E-state index contributed by atoms with van der Waals surface area (Å²) in [4.78, 5) is 10.6. The molecule has 1 saturated heterocycles. The van der Waals surface area contributed by atoms with Crippen molar-refractivity contribution in [2.45, 2.75) is 38.8 Å². The van der Waals surface area contributed by atoms with E-state index in [2.05, 4.69) is 5.32 Å². The van der Waals surface area contributed by atoms with Gasteiger partial charge in [-0.2, -0.15) is 0 Å². The van der Waals surface area contributed by atoms with Crippen molar-refractivity contribution in [2.24, 2.45) is 0 Å². The number of rotatable bonds is 5. The zero-order valence-electron chi connectivity index (χ0n) is 12.2. The van der Waals surface area contributed by atoms with Gasteiger partial charge in [0.05, 0.1) is 11.0 Å². The highest BCUT2D eigenvalue weighted by molar-refractivity contribution is 7.85. The van der Waals surface area contributed by atoms with Gasteiger partial charge in [0.2, 0.25) is 0 Å². The summed E-state index contributed by atoms with van der Waals surface area (Å²) in [7, 11) is -0.695. The predicted octanol–water partition coefficient (Wildman–Crippen LogP) is 2.71. The number of anilines is 1. The molecule has 1 aromatic rings. The van der Waals surface area contributed by atoms with Crippen molar-refractivity contribution in [3.05, 3.63) is 28.3 Å². The fraction of sp³-hybridized carbons (Fsp3) is 0.571. The summed E-state index contributed by atoms with van der Waals surface area (Å²) >= 11 is 0. The number of hydrogen-bond donors (Lipinski definition) is 1. The minimum atomic E-state index is -0.695. The molecule has 1 N–H and O–H groups in total. The van der Waals surface area contributed by atoms with Gasteiger partial charge < -0.3 is 10.1 Å². The second kappa shape index (κ2) is 6.89. The monoisotopic (exact) mass is 312 g/mol. The first-order chi connectivity index (χ1) is 9.95. The van der Waals surface area contributed by atoms with Gasteiger partial charge in [0.1, 0.15) is 0 Å². The summed E-state index contributed by atoms with van der Waals surface area (Å²) in [6, 6.07) is 5.08. The van der Waals surface area contributed by atoms with E-state index < -0.39 is 15.7 Å². The number of nitro benzene ring substituents is 1. The summed E-state index contributed by atoms with van der Waals surface area (Å²) in [6.45, 7) is 3.67. The van der Waals surface area contributed by atoms with Gasteiger partial charge in [0.25, 0.3) is 0 Å². The quantitative estimate of drug-likeness (QED) is 0.668. The molecule has 116 valence electrons. The molecular formula is C14H20N2O4S. The molecule has 0 atom stereocenters. The van der Waals surface area contributed by atoms with E-state index in [1.54, 1.807) is 12.1 Å². The molecule has 0 unspecified atom stereocenters. The van der Waals surface area contributed by atoms with Crippen LogP contribution in [0, 0.1) is 10.1 Å². The van der Waals surface area contributed by atoms with E-state index in [-0.39, 0.29) is 23.6 Å². The van der Waals surface area contributed by atoms with Crippen LogP contribution in [0.25, 0.3) is 0 Å². The Bertz CT molecular complexity index is 538. The lowest BCUT2D eigenvalue weighted by Gasteiger charge is -2.24. The number of nitrogens with one attached hydrogen (secondary N) is 1. The van der Waals surface area contributed by atoms with Gasteiger partial charge in [-0.1, -0.05) is 0 Å². The maximum Gasteiger partial charge on any atom is 0.311 e. The SMILES string of the molecule is CC(C)Oc1cc(NC2CCS(=O)CC2)ccc1[N+](=O)[O-]. The maximum atomic E-state index is 11.3. The van der Waals surface area contributed by atoms with Crippen molar-refractivity contribution >= 4 is 22.2 Å². The first-order valence-electron chi connectivity index (χ1n) is 7.02. The van der Waals surface area contributed by atoms with Crippen LogP contribution in [0.15, 0.2) is 18.2 Å². The van der Waals surface area contributed by atoms with Crippen molar-refractivity contribution in [1.29, 1.82) is 0 Å². The van der Waals surface area contributed by atoms with Crippen molar-refractivity contribution < 1.29 is 13.9 Å². The summed E-state index contributed by atoms with van der Waals surface area (Å²) in [5.41, 5.74) is 0.771. The third-order valence-electron chi connectivity index (χ3n) is 3.28. The van der Waals surface area contributed by atoms with E-state index in [0.717, 1.165) is 18.5 Å². The Morgan fingerprint density at radius 2 is 2.05 bits per heavy atom. The van der Waals surface area contributed by atoms with Crippen molar-refractivity contribution in [2.75, 3.05) is 16.8 Å². The number of hydrogen-bond acceptors (Lipinski definition) is 5. The Morgan fingerprint density at radius 1 is 1.38 bits per heavy atom. The molecule has 1 aliphatic rings. The highest BCUT2D eigenvalue weighted by Gasteiger charge is 2.20. The topological polar surface area (TPSA) is 81.5 Å². The molecular weight excluding hydrogens is 292 g/mol. The van der Waals surface area contributed by atoms with Gasteiger partial charge in [-0.25, -0.2) is 0 Å². The lowest BCUT2D eigenvalue weighted by molar-refractivity contribution is -0.386. The number of nitrogens with zero attached hydrogens (tertiary/aromatic N) is 1. The van der Waals surface area contributed by atoms with Crippen LogP contribution in [0.4, 0.5) is 11.4 Å².